The largest absolute Gasteiger partial charge is 0.511 e. The number of aliphatic hydroxyl groups excluding tert-OH is 2. The molecule has 3 unspecified atom stereocenters. The number of aromatic nitrogens is 3. The van der Waals surface area contributed by atoms with Gasteiger partial charge >= 0.3 is 30.2 Å². The maximum atomic E-state index is 12.4. The zero-order valence-corrected chi connectivity index (χ0v) is 59.1. The molecule has 0 bridgehead atoms. The zero-order chi connectivity index (χ0) is 67.8. The van der Waals surface area contributed by atoms with Crippen LogP contribution in [0.4, 0.5) is 9.59 Å². The number of halogens is 3. The zero-order valence-electron chi connectivity index (χ0n) is 56.8. The Morgan fingerprint density at radius 3 is 1.04 bits per heavy atom. The first-order chi connectivity index (χ1) is 44.5. The number of rotatable bonds is 53. The average Bonchev–Trinajstić information content (AvgIpc) is 2.27. The summed E-state index contributed by atoms with van der Waals surface area (Å²) >= 11 is 18.5. The summed E-state index contributed by atoms with van der Waals surface area (Å²) in [5.41, 5.74) is 3.22. The van der Waals surface area contributed by atoms with Crippen LogP contribution in [0.15, 0.2) is 18.2 Å². The van der Waals surface area contributed by atoms with Crippen LogP contribution in [0.25, 0.3) is 0 Å². The Morgan fingerprint density at radius 1 is 0.413 bits per heavy atom. The fourth-order valence-corrected chi connectivity index (χ4v) is 10.3. The van der Waals surface area contributed by atoms with E-state index in [0.717, 1.165) is 68.4 Å². The number of hydrogen-bond acceptors (Lipinski definition) is 17. The minimum absolute atomic E-state index is 0.0242. The van der Waals surface area contributed by atoms with Crippen molar-refractivity contribution in [2.75, 3.05) is 66.6 Å². The van der Waals surface area contributed by atoms with E-state index in [-0.39, 0.29) is 55.1 Å². The highest BCUT2D eigenvalue weighted by Crippen LogP contribution is 2.24. The van der Waals surface area contributed by atoms with Crippen molar-refractivity contribution in [1.29, 1.82) is 0 Å². The number of nitrogens with one attached hydrogen (secondary N) is 3. The van der Waals surface area contributed by atoms with Crippen molar-refractivity contribution in [3.63, 3.8) is 0 Å². The second-order valence-corrected chi connectivity index (χ2v) is 24.2. The lowest BCUT2D eigenvalue weighted by molar-refractivity contribution is -0.0862. The molecule has 92 heavy (non-hydrogen) atoms. The van der Waals surface area contributed by atoms with Gasteiger partial charge in [0, 0.05) is 44.6 Å². The SMILES string of the molecule is CCCCCCCCCCCCc1cc(Cl)c(C(=O)OC(C)OC(=O)OCCOC)[nH]1.CCCCCCCCCCCCc1cc(Cl)c(C(=O)OC(C)OC(=O)OCCOCCOCC)[nH]1.CCCCCCCCCCCCc1cc(Cl)c(C(=O)OCC(O)CO)[nH]1. The lowest BCUT2D eigenvalue weighted by atomic mass is 10.1. The summed E-state index contributed by atoms with van der Waals surface area (Å²) in [7, 11) is 1.49. The van der Waals surface area contributed by atoms with Crippen molar-refractivity contribution in [3.8, 4) is 0 Å². The van der Waals surface area contributed by atoms with Gasteiger partial charge in [-0.2, -0.15) is 0 Å². The summed E-state index contributed by atoms with van der Waals surface area (Å²) in [4.78, 5) is 68.8. The Morgan fingerprint density at radius 2 is 0.717 bits per heavy atom. The van der Waals surface area contributed by atoms with Crippen molar-refractivity contribution in [3.05, 3.63) is 67.4 Å². The summed E-state index contributed by atoms with van der Waals surface area (Å²) in [5.74, 6) is -1.99. The predicted octanol–water partition coefficient (Wildman–Crippen LogP) is 17.9. The highest BCUT2D eigenvalue weighted by Gasteiger charge is 2.23. The van der Waals surface area contributed by atoms with Gasteiger partial charge < -0.3 is 72.5 Å². The first-order valence-electron chi connectivity index (χ1n) is 34.3. The molecular formula is C69H116Cl3N3O17. The van der Waals surface area contributed by atoms with Crippen LogP contribution in [0.1, 0.15) is 283 Å². The lowest BCUT2D eigenvalue weighted by Gasteiger charge is -2.13. The van der Waals surface area contributed by atoms with E-state index in [1.807, 2.05) is 6.92 Å². The van der Waals surface area contributed by atoms with Crippen molar-refractivity contribution in [2.45, 2.75) is 272 Å². The molecule has 3 atom stereocenters. The summed E-state index contributed by atoms with van der Waals surface area (Å²) < 4.78 is 49.7. The van der Waals surface area contributed by atoms with Crippen molar-refractivity contribution >= 4 is 65.0 Å². The maximum Gasteiger partial charge on any atom is 0.511 e. The summed E-state index contributed by atoms with van der Waals surface area (Å²) in [6.07, 6.45) is 35.5. The molecule has 5 N–H and O–H groups in total. The van der Waals surface area contributed by atoms with Crippen molar-refractivity contribution in [1.82, 2.24) is 15.0 Å². The average molecular weight is 1370 g/mol. The van der Waals surface area contributed by atoms with E-state index in [0.29, 0.717) is 29.9 Å². The normalized spacial score (nSPS) is 12.0. The molecule has 3 aromatic rings. The number of aryl methyl sites for hydroxylation is 3. The van der Waals surface area contributed by atoms with E-state index in [2.05, 4.69) is 35.7 Å². The summed E-state index contributed by atoms with van der Waals surface area (Å²) in [5, 5.41) is 18.9. The molecule has 23 heteroatoms. The maximum absolute atomic E-state index is 12.4. The molecular weight excluding hydrogens is 1250 g/mol. The molecule has 0 amide bonds. The van der Waals surface area contributed by atoms with Crippen LogP contribution in [0, 0.1) is 0 Å². The number of H-pyrrole nitrogens is 3. The second-order valence-electron chi connectivity index (χ2n) is 23.0. The third kappa shape index (κ3) is 44.9. The molecule has 3 aromatic heterocycles. The summed E-state index contributed by atoms with van der Waals surface area (Å²) in [6.45, 7) is 12.8. The van der Waals surface area contributed by atoms with Crippen LogP contribution in [0.2, 0.25) is 15.1 Å². The van der Waals surface area contributed by atoms with Gasteiger partial charge in [-0.15, -0.1) is 0 Å². The molecule has 0 spiro atoms. The molecule has 530 valence electrons. The number of aliphatic hydroxyl groups is 2. The van der Waals surface area contributed by atoms with Gasteiger partial charge in [0.15, 0.2) is 0 Å². The Bertz CT molecular complexity index is 2330. The quantitative estimate of drug-likeness (QED) is 0.0152. The molecule has 3 rings (SSSR count). The standard InChI is InChI=1S/C26H44ClNO7.C23H38ClNO6.C20H34ClNO4/c1-4-6-7-8-9-10-11-12-13-14-15-22-20-23(27)24(28-22)25(29)34-21(3)35-26(30)33-19-18-32-17-16-31-5-2;1-4-5-6-7-8-9-10-11-12-13-14-19-17-20(24)21(25-19)22(26)30-18(2)31-23(27)29-16-15-28-3;1-2-3-4-5-6-7-8-9-10-11-12-16-13-18(21)19(22-16)20(25)26-15-17(24)14-23/h20-21,28H,4-19H2,1-3H3;17-18,25H,4-16H2,1-3H3;13,17,22-24H,2-12,14-15H2,1H3. The van der Waals surface area contributed by atoms with Gasteiger partial charge in [-0.05, 0) is 63.6 Å². The molecule has 0 radical (unpaired) electrons. The molecule has 0 aliphatic heterocycles. The van der Waals surface area contributed by atoms with Gasteiger partial charge in [-0.25, -0.2) is 24.0 Å². The molecule has 0 saturated heterocycles. The van der Waals surface area contributed by atoms with Crippen LogP contribution in [0.3, 0.4) is 0 Å². The van der Waals surface area contributed by atoms with Crippen molar-refractivity contribution < 1.29 is 81.6 Å². The third-order valence-electron chi connectivity index (χ3n) is 14.7. The lowest BCUT2D eigenvalue weighted by Crippen LogP contribution is -2.23. The van der Waals surface area contributed by atoms with Crippen LogP contribution in [0.5, 0.6) is 0 Å². The van der Waals surface area contributed by atoms with Crippen LogP contribution < -0.4 is 0 Å². The van der Waals surface area contributed by atoms with E-state index < -0.39 is 55.5 Å². The molecule has 0 fully saturated rings. The second kappa shape index (κ2) is 57.9. The Labute approximate surface area is 564 Å². The van der Waals surface area contributed by atoms with E-state index in [4.69, 9.17) is 87.3 Å². The van der Waals surface area contributed by atoms with Gasteiger partial charge in [0.25, 0.3) is 0 Å². The monoisotopic (exact) mass is 1360 g/mol. The number of ether oxygens (including phenoxy) is 10. The van der Waals surface area contributed by atoms with Gasteiger partial charge in [0.05, 0.1) is 48.1 Å². The molecule has 20 nitrogen and oxygen atoms in total. The fraction of sp³-hybridized carbons (Fsp3) is 0.754. The predicted molar refractivity (Wildman–Crippen MR) is 361 cm³/mol. The molecule has 0 aromatic carbocycles. The highest BCUT2D eigenvalue weighted by molar-refractivity contribution is 6.34. The fourth-order valence-electron chi connectivity index (χ4n) is 9.56. The molecule has 0 saturated carbocycles. The number of methoxy groups -OCH3 is 1. The Kier molecular flexibility index (Phi) is 53.8. The number of aromatic amines is 3. The first-order valence-corrected chi connectivity index (χ1v) is 35.5. The third-order valence-corrected chi connectivity index (χ3v) is 15.6. The molecule has 0 aliphatic rings. The number of esters is 3. The van der Waals surface area contributed by atoms with E-state index in [1.54, 1.807) is 18.2 Å². The molecule has 3 heterocycles. The van der Waals surface area contributed by atoms with E-state index in [9.17, 15) is 29.1 Å². The van der Waals surface area contributed by atoms with Gasteiger partial charge in [0.2, 0.25) is 12.6 Å². The number of carbonyl (C=O) groups is 5. The number of carbonyl (C=O) groups excluding carboxylic acids is 5. The number of hydrogen-bond donors (Lipinski definition) is 5. The smallest absolute Gasteiger partial charge is 0.458 e. The van der Waals surface area contributed by atoms with Gasteiger partial charge in [-0.1, -0.05) is 229 Å². The summed E-state index contributed by atoms with van der Waals surface area (Å²) in [6, 6.07) is 5.25. The van der Waals surface area contributed by atoms with Gasteiger partial charge in [0.1, 0.15) is 43.0 Å². The minimum atomic E-state index is -1.13. The highest BCUT2D eigenvalue weighted by atomic mass is 35.5. The topological polar surface area (TPSA) is 265 Å². The van der Waals surface area contributed by atoms with Crippen LogP contribution >= 0.6 is 34.8 Å². The molecule has 0 aliphatic carbocycles. The Hall–Kier alpha value is -4.54. The first kappa shape index (κ1) is 85.5. The van der Waals surface area contributed by atoms with E-state index in [1.165, 1.54) is 181 Å². The Balaban J connectivity index is 0.000000697. The van der Waals surface area contributed by atoms with Crippen LogP contribution in [-0.2, 0) is 66.6 Å². The van der Waals surface area contributed by atoms with Crippen LogP contribution in [-0.4, -0.2) is 141 Å². The van der Waals surface area contributed by atoms with Crippen molar-refractivity contribution in [2.24, 2.45) is 0 Å². The van der Waals surface area contributed by atoms with Gasteiger partial charge in [-0.3, -0.25) is 0 Å². The number of unbranched alkanes of at least 4 members (excludes halogenated alkanes) is 27. The minimum Gasteiger partial charge on any atom is -0.458 e. The van der Waals surface area contributed by atoms with E-state index >= 15 is 0 Å².